The van der Waals surface area contributed by atoms with Crippen molar-refractivity contribution in [3.8, 4) is 16.3 Å². The van der Waals surface area contributed by atoms with Crippen LogP contribution in [-0.4, -0.2) is 38.7 Å². The van der Waals surface area contributed by atoms with Crippen molar-refractivity contribution in [2.24, 2.45) is 0 Å². The Morgan fingerprint density at radius 1 is 0.970 bits per heavy atom. The van der Waals surface area contributed by atoms with Gasteiger partial charge in [0.15, 0.2) is 0 Å². The van der Waals surface area contributed by atoms with E-state index < -0.39 is 15.9 Å². The van der Waals surface area contributed by atoms with E-state index in [0.29, 0.717) is 21.4 Å². The summed E-state index contributed by atoms with van der Waals surface area (Å²) in [5.74, 6) is 0.315. The van der Waals surface area contributed by atoms with Gasteiger partial charge >= 0.3 is 0 Å². The minimum Gasteiger partial charge on any atom is -0.497 e. The Morgan fingerprint density at radius 2 is 1.70 bits per heavy atom. The first-order chi connectivity index (χ1) is 15.9. The summed E-state index contributed by atoms with van der Waals surface area (Å²) in [5.41, 5.74) is 1.51. The molecule has 0 bridgehead atoms. The number of hydrogen-bond donors (Lipinski definition) is 1. The Kier molecular flexibility index (Phi) is 6.38. The first-order valence-electron chi connectivity index (χ1n) is 9.82. The summed E-state index contributed by atoms with van der Waals surface area (Å²) in [4.78, 5) is 12.9. The topological polar surface area (TPSA) is 101 Å². The van der Waals surface area contributed by atoms with Gasteiger partial charge in [-0.25, -0.2) is 8.42 Å². The van der Waals surface area contributed by atoms with Gasteiger partial charge in [-0.2, -0.15) is 0 Å². The van der Waals surface area contributed by atoms with E-state index in [9.17, 15) is 13.2 Å². The SMILES string of the molecule is COc1ccc(-c2nnc(NC(=O)c3cccc(N(C)S(=O)(=O)c4ccccc4)c3)s2)cc1. The highest BCUT2D eigenvalue weighted by Crippen LogP contribution is 2.28. The first kappa shape index (κ1) is 22.4. The first-order valence-corrected chi connectivity index (χ1v) is 12.1. The molecule has 1 aromatic heterocycles. The molecule has 33 heavy (non-hydrogen) atoms. The van der Waals surface area contributed by atoms with E-state index >= 15 is 0 Å². The second-order valence-corrected chi connectivity index (χ2v) is 9.88. The van der Waals surface area contributed by atoms with Gasteiger partial charge in [-0.05, 0) is 54.6 Å². The molecule has 0 fully saturated rings. The van der Waals surface area contributed by atoms with Crippen molar-refractivity contribution in [1.29, 1.82) is 0 Å². The average Bonchev–Trinajstić information content (AvgIpc) is 3.32. The van der Waals surface area contributed by atoms with Gasteiger partial charge in [0.25, 0.3) is 15.9 Å². The Morgan fingerprint density at radius 3 is 2.39 bits per heavy atom. The number of sulfonamides is 1. The largest absolute Gasteiger partial charge is 0.497 e. The zero-order valence-electron chi connectivity index (χ0n) is 17.8. The maximum absolute atomic E-state index is 12.9. The van der Waals surface area contributed by atoms with Gasteiger partial charge in [0, 0.05) is 18.2 Å². The molecule has 0 radical (unpaired) electrons. The number of benzene rings is 3. The van der Waals surface area contributed by atoms with Crippen LogP contribution in [0.4, 0.5) is 10.8 Å². The highest BCUT2D eigenvalue weighted by Gasteiger charge is 2.22. The van der Waals surface area contributed by atoms with E-state index in [1.165, 1.54) is 36.6 Å². The quantitative estimate of drug-likeness (QED) is 0.423. The lowest BCUT2D eigenvalue weighted by Gasteiger charge is -2.20. The lowest BCUT2D eigenvalue weighted by Crippen LogP contribution is -2.26. The number of carbonyl (C=O) groups excluding carboxylic acids is 1. The van der Waals surface area contributed by atoms with E-state index in [0.717, 1.165) is 15.6 Å². The number of hydrogen-bond acceptors (Lipinski definition) is 7. The zero-order chi connectivity index (χ0) is 23.4. The molecular formula is C23H20N4O4S2. The van der Waals surface area contributed by atoms with E-state index in [1.807, 2.05) is 24.3 Å². The standard InChI is InChI=1S/C23H20N4O4S2/c1-27(33(29,30)20-9-4-3-5-10-20)18-8-6-7-17(15-18)21(28)24-23-26-25-22(32-23)16-11-13-19(31-2)14-12-16/h3-15H,1-2H3,(H,24,26,28). The molecular weight excluding hydrogens is 460 g/mol. The monoisotopic (exact) mass is 480 g/mol. The predicted molar refractivity (Wildman–Crippen MR) is 128 cm³/mol. The number of methoxy groups -OCH3 is 1. The van der Waals surface area contributed by atoms with Gasteiger partial charge in [0.05, 0.1) is 17.7 Å². The number of rotatable bonds is 7. The van der Waals surface area contributed by atoms with E-state index in [-0.39, 0.29) is 4.90 Å². The van der Waals surface area contributed by atoms with Crippen LogP contribution in [0.15, 0.2) is 83.8 Å². The second-order valence-electron chi connectivity index (χ2n) is 6.93. The smallest absolute Gasteiger partial charge is 0.264 e. The Labute approximate surface area is 195 Å². The van der Waals surface area contributed by atoms with Crippen molar-refractivity contribution in [3.63, 3.8) is 0 Å². The van der Waals surface area contributed by atoms with Gasteiger partial charge in [0.1, 0.15) is 10.8 Å². The molecule has 0 unspecified atom stereocenters. The number of carbonyl (C=O) groups is 1. The summed E-state index contributed by atoms with van der Waals surface area (Å²) >= 11 is 1.23. The Hall–Kier alpha value is -3.76. The molecule has 1 N–H and O–H groups in total. The summed E-state index contributed by atoms with van der Waals surface area (Å²) in [6.07, 6.45) is 0. The second kappa shape index (κ2) is 9.39. The van der Waals surface area contributed by atoms with Gasteiger partial charge in [-0.3, -0.25) is 14.4 Å². The van der Waals surface area contributed by atoms with Crippen molar-refractivity contribution in [2.45, 2.75) is 4.90 Å². The molecule has 4 aromatic rings. The molecule has 0 aliphatic rings. The normalized spacial score (nSPS) is 11.1. The van der Waals surface area contributed by atoms with Crippen LogP contribution < -0.4 is 14.4 Å². The van der Waals surface area contributed by atoms with E-state index in [1.54, 1.807) is 43.5 Å². The van der Waals surface area contributed by atoms with Crippen molar-refractivity contribution >= 4 is 38.1 Å². The number of ether oxygens (including phenoxy) is 1. The van der Waals surface area contributed by atoms with E-state index in [2.05, 4.69) is 15.5 Å². The van der Waals surface area contributed by atoms with Crippen molar-refractivity contribution in [1.82, 2.24) is 10.2 Å². The molecule has 0 aliphatic heterocycles. The molecule has 168 valence electrons. The van der Waals surface area contributed by atoms with Crippen LogP contribution in [0.1, 0.15) is 10.4 Å². The summed E-state index contributed by atoms with van der Waals surface area (Å²) in [7, 11) is -0.709. The van der Waals surface area contributed by atoms with Crippen molar-refractivity contribution in [2.75, 3.05) is 23.8 Å². The minimum absolute atomic E-state index is 0.169. The summed E-state index contributed by atoms with van der Waals surface area (Å²) in [6, 6.07) is 21.9. The highest BCUT2D eigenvalue weighted by molar-refractivity contribution is 7.92. The van der Waals surface area contributed by atoms with Crippen LogP contribution in [-0.2, 0) is 10.0 Å². The predicted octanol–water partition coefficient (Wildman–Crippen LogP) is 4.29. The number of aromatic nitrogens is 2. The van der Waals surface area contributed by atoms with Crippen LogP contribution in [0.5, 0.6) is 5.75 Å². The lowest BCUT2D eigenvalue weighted by atomic mass is 10.2. The van der Waals surface area contributed by atoms with Gasteiger partial charge < -0.3 is 4.74 Å². The molecule has 4 rings (SSSR count). The fourth-order valence-electron chi connectivity index (χ4n) is 3.03. The molecule has 0 spiro atoms. The number of amides is 1. The van der Waals surface area contributed by atoms with Crippen LogP contribution in [0.2, 0.25) is 0 Å². The summed E-state index contributed by atoms with van der Waals surface area (Å²) in [5, 5.41) is 11.9. The van der Waals surface area contributed by atoms with Crippen LogP contribution in [0.3, 0.4) is 0 Å². The van der Waals surface area contributed by atoms with Gasteiger partial charge in [0.2, 0.25) is 5.13 Å². The third kappa shape index (κ3) is 4.86. The number of anilines is 2. The zero-order valence-corrected chi connectivity index (χ0v) is 19.4. The van der Waals surface area contributed by atoms with Gasteiger partial charge in [-0.15, -0.1) is 10.2 Å². The Balaban J connectivity index is 1.51. The third-order valence-corrected chi connectivity index (χ3v) is 7.54. The minimum atomic E-state index is -3.75. The van der Waals surface area contributed by atoms with Crippen LogP contribution >= 0.6 is 11.3 Å². The summed E-state index contributed by atoms with van der Waals surface area (Å²) < 4.78 is 32.1. The molecule has 0 aliphatic carbocycles. The highest BCUT2D eigenvalue weighted by atomic mass is 32.2. The summed E-state index contributed by atoms with van der Waals surface area (Å²) in [6.45, 7) is 0. The Bertz CT molecular complexity index is 1370. The molecule has 0 saturated carbocycles. The number of nitrogens with zero attached hydrogens (tertiary/aromatic N) is 3. The fourth-order valence-corrected chi connectivity index (χ4v) is 4.98. The molecule has 0 saturated heterocycles. The van der Waals surface area contributed by atoms with Gasteiger partial charge in [-0.1, -0.05) is 35.6 Å². The molecule has 8 nitrogen and oxygen atoms in total. The van der Waals surface area contributed by atoms with Crippen molar-refractivity contribution < 1.29 is 17.9 Å². The maximum Gasteiger partial charge on any atom is 0.264 e. The van der Waals surface area contributed by atoms with E-state index in [4.69, 9.17) is 4.74 Å². The van der Waals surface area contributed by atoms with Crippen LogP contribution in [0, 0.1) is 0 Å². The molecule has 0 atom stereocenters. The fraction of sp³-hybridized carbons (Fsp3) is 0.0870. The molecule has 1 heterocycles. The lowest BCUT2D eigenvalue weighted by molar-refractivity contribution is 0.102. The molecule has 1 amide bonds. The van der Waals surface area contributed by atoms with Crippen molar-refractivity contribution in [3.05, 3.63) is 84.4 Å². The number of nitrogens with one attached hydrogen (secondary N) is 1. The average molecular weight is 481 g/mol. The molecule has 10 heteroatoms. The van der Waals surface area contributed by atoms with Crippen LogP contribution in [0.25, 0.3) is 10.6 Å². The maximum atomic E-state index is 12.9. The third-order valence-electron chi connectivity index (χ3n) is 4.86. The molecule has 3 aromatic carbocycles.